The van der Waals surface area contributed by atoms with E-state index in [4.69, 9.17) is 22.0 Å². The number of hydrogen-bond acceptors (Lipinski definition) is 4. The Morgan fingerprint density at radius 1 is 1.20 bits per heavy atom. The molecule has 5 nitrogen and oxygen atoms in total. The second-order valence-corrected chi connectivity index (χ2v) is 6.89. The number of anilines is 1. The minimum absolute atomic E-state index is 0.252. The van der Waals surface area contributed by atoms with Crippen molar-refractivity contribution >= 4 is 23.2 Å². The van der Waals surface area contributed by atoms with Gasteiger partial charge in [0.2, 0.25) is 0 Å². The van der Waals surface area contributed by atoms with Crippen molar-refractivity contribution in [1.82, 2.24) is 0 Å². The lowest BCUT2D eigenvalue weighted by molar-refractivity contribution is -0.133. The summed E-state index contributed by atoms with van der Waals surface area (Å²) < 4.78 is 0. The zero-order chi connectivity index (χ0) is 18.7. The topological polar surface area (TPSA) is 93.3 Å². The number of benzene rings is 1. The number of nitriles is 1. The van der Waals surface area contributed by atoms with Gasteiger partial charge in [0.25, 0.3) is 5.91 Å². The number of aliphatic hydroxyl groups is 2. The van der Waals surface area contributed by atoms with Crippen LogP contribution in [0.5, 0.6) is 0 Å². The minimum atomic E-state index is -1.45. The van der Waals surface area contributed by atoms with Crippen LogP contribution in [0.1, 0.15) is 63.9 Å². The molecule has 6 heteroatoms. The van der Waals surface area contributed by atoms with Gasteiger partial charge in [0.15, 0.2) is 0 Å². The van der Waals surface area contributed by atoms with E-state index in [2.05, 4.69) is 5.32 Å². The van der Waals surface area contributed by atoms with Gasteiger partial charge < -0.3 is 15.5 Å². The van der Waals surface area contributed by atoms with Crippen LogP contribution in [-0.4, -0.2) is 28.3 Å². The number of carbonyl (C=O) groups excluding carboxylic acids is 1. The Morgan fingerprint density at radius 2 is 1.80 bits per heavy atom. The molecule has 0 radical (unpaired) electrons. The number of nitrogens with zero attached hydrogens (tertiary/aromatic N) is 1. The summed E-state index contributed by atoms with van der Waals surface area (Å²) >= 11 is 5.94. The summed E-state index contributed by atoms with van der Waals surface area (Å²) in [4.78, 5) is 12.2. The van der Waals surface area contributed by atoms with E-state index in [1.54, 1.807) is 6.07 Å². The summed E-state index contributed by atoms with van der Waals surface area (Å²) in [6.07, 6.45) is 7.31. The largest absolute Gasteiger partial charge is 0.396 e. The Hall–Kier alpha value is -1.61. The summed E-state index contributed by atoms with van der Waals surface area (Å²) in [5, 5.41) is 30.8. The highest BCUT2D eigenvalue weighted by atomic mass is 35.5. The molecule has 3 N–H and O–H groups in total. The lowest BCUT2D eigenvalue weighted by Crippen LogP contribution is -2.39. The predicted molar refractivity (Wildman–Crippen MR) is 99.4 cm³/mol. The van der Waals surface area contributed by atoms with Gasteiger partial charge in [0.1, 0.15) is 11.7 Å². The fraction of sp³-hybridized carbons (Fsp3) is 0.579. The Morgan fingerprint density at radius 3 is 2.36 bits per heavy atom. The molecular formula is C19H27ClN2O3. The monoisotopic (exact) mass is 366 g/mol. The van der Waals surface area contributed by atoms with Crippen LogP contribution in [0.15, 0.2) is 18.2 Å². The van der Waals surface area contributed by atoms with Crippen LogP contribution in [0.4, 0.5) is 5.69 Å². The van der Waals surface area contributed by atoms with Crippen LogP contribution in [0.3, 0.4) is 0 Å². The average molecular weight is 367 g/mol. The summed E-state index contributed by atoms with van der Waals surface area (Å²) in [6.45, 7) is 1.76. The highest BCUT2D eigenvalue weighted by Gasteiger charge is 2.29. The van der Waals surface area contributed by atoms with Crippen LogP contribution in [0.2, 0.25) is 5.02 Å². The number of nitrogens with one attached hydrogen (secondary N) is 1. The summed E-state index contributed by atoms with van der Waals surface area (Å²) in [5.41, 5.74) is -0.652. The SMILES string of the molecule is CC(O)(CCCCCCCCCO)C(=O)Nc1ccc(C#N)c(Cl)c1. The highest BCUT2D eigenvalue weighted by molar-refractivity contribution is 6.32. The Balaban J connectivity index is 2.36. The molecule has 1 aromatic rings. The fourth-order valence-corrected chi connectivity index (χ4v) is 2.75. The molecular weight excluding hydrogens is 340 g/mol. The Bertz CT molecular complexity index is 597. The molecule has 1 aromatic carbocycles. The van der Waals surface area contributed by atoms with E-state index in [1.165, 1.54) is 19.1 Å². The molecule has 0 aliphatic carbocycles. The van der Waals surface area contributed by atoms with Gasteiger partial charge in [-0.15, -0.1) is 0 Å². The number of carbonyl (C=O) groups is 1. The van der Waals surface area contributed by atoms with Gasteiger partial charge in [-0.3, -0.25) is 4.79 Å². The van der Waals surface area contributed by atoms with Crippen LogP contribution in [0.25, 0.3) is 0 Å². The minimum Gasteiger partial charge on any atom is -0.396 e. The zero-order valence-corrected chi connectivity index (χ0v) is 15.5. The van der Waals surface area contributed by atoms with Crippen molar-refractivity contribution < 1.29 is 15.0 Å². The van der Waals surface area contributed by atoms with Crippen LogP contribution < -0.4 is 5.32 Å². The molecule has 138 valence electrons. The lowest BCUT2D eigenvalue weighted by atomic mass is 9.96. The van der Waals surface area contributed by atoms with Crippen LogP contribution >= 0.6 is 11.6 Å². The van der Waals surface area contributed by atoms with Crippen molar-refractivity contribution in [3.8, 4) is 6.07 Å². The number of rotatable bonds is 11. The zero-order valence-electron chi connectivity index (χ0n) is 14.7. The van der Waals surface area contributed by atoms with Crippen LogP contribution in [0, 0.1) is 11.3 Å². The quantitative estimate of drug-likeness (QED) is 0.516. The average Bonchev–Trinajstić information content (AvgIpc) is 2.57. The van der Waals surface area contributed by atoms with E-state index in [0.29, 0.717) is 17.7 Å². The number of amides is 1. The molecule has 0 aliphatic rings. The van der Waals surface area contributed by atoms with E-state index >= 15 is 0 Å². The number of unbranched alkanes of at least 4 members (excludes halogenated alkanes) is 6. The van der Waals surface area contributed by atoms with Gasteiger partial charge in [-0.2, -0.15) is 5.26 Å². The smallest absolute Gasteiger partial charge is 0.256 e. The van der Waals surface area contributed by atoms with Gasteiger partial charge in [-0.05, 0) is 38.0 Å². The van der Waals surface area contributed by atoms with Crippen LogP contribution in [-0.2, 0) is 4.79 Å². The molecule has 1 rings (SSSR count). The van der Waals surface area contributed by atoms with Gasteiger partial charge in [0.05, 0.1) is 10.6 Å². The van der Waals surface area contributed by atoms with Crippen molar-refractivity contribution in [3.05, 3.63) is 28.8 Å². The predicted octanol–water partition coefficient (Wildman–Crippen LogP) is 4.01. The fourth-order valence-electron chi connectivity index (χ4n) is 2.53. The van der Waals surface area contributed by atoms with E-state index in [1.807, 2.05) is 6.07 Å². The first-order chi connectivity index (χ1) is 11.9. The molecule has 1 amide bonds. The first-order valence-corrected chi connectivity index (χ1v) is 9.13. The maximum Gasteiger partial charge on any atom is 0.256 e. The van der Waals surface area contributed by atoms with Crippen molar-refractivity contribution in [2.24, 2.45) is 0 Å². The van der Waals surface area contributed by atoms with Crippen molar-refractivity contribution in [1.29, 1.82) is 5.26 Å². The Labute approximate surface area is 154 Å². The number of halogens is 1. The third kappa shape index (κ3) is 7.87. The maximum absolute atomic E-state index is 12.2. The molecule has 25 heavy (non-hydrogen) atoms. The van der Waals surface area contributed by atoms with E-state index in [9.17, 15) is 9.90 Å². The summed E-state index contributed by atoms with van der Waals surface area (Å²) in [7, 11) is 0. The van der Waals surface area contributed by atoms with Gasteiger partial charge in [-0.1, -0.05) is 50.1 Å². The van der Waals surface area contributed by atoms with Crippen molar-refractivity contribution in [2.45, 2.75) is 63.9 Å². The molecule has 0 heterocycles. The van der Waals surface area contributed by atoms with Gasteiger partial charge in [0, 0.05) is 12.3 Å². The summed E-state index contributed by atoms with van der Waals surface area (Å²) in [6, 6.07) is 6.58. The molecule has 0 spiro atoms. The first-order valence-electron chi connectivity index (χ1n) is 8.75. The molecule has 0 aromatic heterocycles. The third-order valence-electron chi connectivity index (χ3n) is 4.16. The molecule has 0 saturated heterocycles. The maximum atomic E-state index is 12.2. The third-order valence-corrected chi connectivity index (χ3v) is 4.47. The first kappa shape index (κ1) is 21.4. The second-order valence-electron chi connectivity index (χ2n) is 6.48. The van der Waals surface area contributed by atoms with Crippen molar-refractivity contribution in [3.63, 3.8) is 0 Å². The molecule has 0 saturated carbocycles. The lowest BCUT2D eigenvalue weighted by Gasteiger charge is -2.22. The molecule has 1 atom stereocenters. The van der Waals surface area contributed by atoms with E-state index < -0.39 is 11.5 Å². The molecule has 0 fully saturated rings. The van der Waals surface area contributed by atoms with E-state index in [-0.39, 0.29) is 11.6 Å². The van der Waals surface area contributed by atoms with Gasteiger partial charge in [-0.25, -0.2) is 0 Å². The highest BCUT2D eigenvalue weighted by Crippen LogP contribution is 2.23. The van der Waals surface area contributed by atoms with E-state index in [0.717, 1.165) is 44.9 Å². The van der Waals surface area contributed by atoms with Gasteiger partial charge >= 0.3 is 0 Å². The molecule has 0 bridgehead atoms. The molecule has 0 aliphatic heterocycles. The molecule has 1 unspecified atom stereocenters. The summed E-state index contributed by atoms with van der Waals surface area (Å²) in [5.74, 6) is -0.476. The van der Waals surface area contributed by atoms with Crippen molar-refractivity contribution in [2.75, 3.05) is 11.9 Å². The standard InChI is InChI=1S/C19H27ClN2O3/c1-19(25,11-7-5-3-2-4-6-8-12-23)18(24)22-16-10-9-15(14-21)17(20)13-16/h9-10,13,23,25H,2-8,11-12H2,1H3,(H,22,24). The second kappa shape index (κ2) is 11.1. The normalized spacial score (nSPS) is 13.1. The number of aliphatic hydroxyl groups excluding tert-OH is 1. The Kier molecular flexibility index (Phi) is 9.51. The number of hydrogen-bond donors (Lipinski definition) is 3.